The summed E-state index contributed by atoms with van der Waals surface area (Å²) in [5, 5.41) is 3.13. The Labute approximate surface area is 138 Å². The van der Waals surface area contributed by atoms with E-state index >= 15 is 0 Å². The Morgan fingerprint density at radius 2 is 1.82 bits per heavy atom. The summed E-state index contributed by atoms with van der Waals surface area (Å²) < 4.78 is 39.2. The summed E-state index contributed by atoms with van der Waals surface area (Å²) >= 11 is 0. The molecule has 2 rings (SSSR count). The lowest BCUT2D eigenvalue weighted by molar-refractivity contribution is 0.263. The number of benzene rings is 1. The van der Waals surface area contributed by atoms with E-state index in [4.69, 9.17) is 0 Å². The molecule has 0 spiro atoms. The fourth-order valence-corrected chi connectivity index (χ4v) is 4.27. The highest BCUT2D eigenvalue weighted by atomic mass is 35.5. The molecule has 1 aromatic carbocycles. The highest BCUT2D eigenvalue weighted by Gasteiger charge is 2.27. The Hall–Kier alpha value is -0.690. The van der Waals surface area contributed by atoms with Crippen LogP contribution < -0.4 is 5.32 Å². The van der Waals surface area contributed by atoms with Crippen LogP contribution in [0.4, 0.5) is 4.39 Å². The molecule has 1 aliphatic heterocycles. The molecule has 1 fully saturated rings. The number of hydrogen-bond donors (Lipinski definition) is 1. The van der Waals surface area contributed by atoms with Crippen LogP contribution in [-0.4, -0.2) is 39.4 Å². The molecule has 4 nitrogen and oxygen atoms in total. The van der Waals surface area contributed by atoms with Crippen LogP contribution >= 0.6 is 12.4 Å². The van der Waals surface area contributed by atoms with Crippen LogP contribution in [0.3, 0.4) is 0 Å². The number of nitrogens with one attached hydrogen (secondary N) is 1. The largest absolute Gasteiger partial charge is 0.320 e. The van der Waals surface area contributed by atoms with Crippen LogP contribution in [0.15, 0.2) is 24.3 Å². The molecule has 0 saturated carbocycles. The van der Waals surface area contributed by atoms with Crippen molar-refractivity contribution in [3.63, 3.8) is 0 Å². The van der Waals surface area contributed by atoms with Gasteiger partial charge in [0.15, 0.2) is 0 Å². The Balaban J connectivity index is 0.00000242. The normalized spacial score (nSPS) is 17.2. The van der Waals surface area contributed by atoms with Crippen LogP contribution in [0, 0.1) is 11.7 Å². The van der Waals surface area contributed by atoms with E-state index in [0.717, 1.165) is 25.8 Å². The number of rotatable bonds is 6. The Morgan fingerprint density at radius 1 is 1.23 bits per heavy atom. The zero-order valence-electron chi connectivity index (χ0n) is 12.8. The van der Waals surface area contributed by atoms with E-state index in [1.54, 1.807) is 4.31 Å². The third-order valence-electron chi connectivity index (χ3n) is 4.03. The third-order valence-corrected chi connectivity index (χ3v) is 5.88. The molecular formula is C15H24ClFN2O2S. The summed E-state index contributed by atoms with van der Waals surface area (Å²) in [6.45, 7) is 2.17. The lowest BCUT2D eigenvalue weighted by Gasteiger charge is -2.31. The summed E-state index contributed by atoms with van der Waals surface area (Å²) in [5.41, 5.74) is 0.633. The predicted octanol–water partition coefficient (Wildman–Crippen LogP) is 2.40. The van der Waals surface area contributed by atoms with Crippen molar-refractivity contribution in [3.05, 3.63) is 35.6 Å². The van der Waals surface area contributed by atoms with Gasteiger partial charge in [0.05, 0.1) is 5.75 Å². The van der Waals surface area contributed by atoms with Crippen molar-refractivity contribution in [1.29, 1.82) is 0 Å². The molecule has 1 aromatic rings. The van der Waals surface area contributed by atoms with Gasteiger partial charge in [0.25, 0.3) is 0 Å². The second kappa shape index (κ2) is 8.82. The Kier molecular flexibility index (Phi) is 7.76. The van der Waals surface area contributed by atoms with E-state index in [2.05, 4.69) is 5.32 Å². The van der Waals surface area contributed by atoms with E-state index in [1.807, 2.05) is 7.05 Å². The number of hydrogen-bond acceptors (Lipinski definition) is 3. The average molecular weight is 351 g/mol. The van der Waals surface area contributed by atoms with Crippen molar-refractivity contribution in [3.8, 4) is 0 Å². The minimum atomic E-state index is -3.30. The highest BCUT2D eigenvalue weighted by Crippen LogP contribution is 2.23. The summed E-state index contributed by atoms with van der Waals surface area (Å²) in [6, 6.07) is 5.67. The second-order valence-corrected chi connectivity index (χ2v) is 7.59. The molecule has 0 bridgehead atoms. The third kappa shape index (κ3) is 5.50. The first kappa shape index (κ1) is 19.4. The molecule has 0 unspecified atom stereocenters. The summed E-state index contributed by atoms with van der Waals surface area (Å²) in [5.74, 6) is 0.213. The van der Waals surface area contributed by atoms with Gasteiger partial charge in [0.2, 0.25) is 10.0 Å². The topological polar surface area (TPSA) is 49.4 Å². The van der Waals surface area contributed by atoms with E-state index < -0.39 is 10.0 Å². The molecular weight excluding hydrogens is 327 g/mol. The highest BCUT2D eigenvalue weighted by molar-refractivity contribution is 7.88. The number of piperidine rings is 1. The first-order valence-corrected chi connectivity index (χ1v) is 8.99. The minimum absolute atomic E-state index is 0. The van der Waals surface area contributed by atoms with Gasteiger partial charge in [-0.05, 0) is 56.5 Å². The van der Waals surface area contributed by atoms with Gasteiger partial charge in [-0.25, -0.2) is 17.1 Å². The van der Waals surface area contributed by atoms with Crippen LogP contribution in [-0.2, 0) is 15.8 Å². The first-order chi connectivity index (χ1) is 10.0. The lowest BCUT2D eigenvalue weighted by Crippen LogP contribution is -2.39. The Morgan fingerprint density at radius 3 is 2.36 bits per heavy atom. The predicted molar refractivity (Wildman–Crippen MR) is 89.1 cm³/mol. The van der Waals surface area contributed by atoms with Crippen LogP contribution in [0.5, 0.6) is 0 Å². The van der Waals surface area contributed by atoms with Crippen LogP contribution in [0.1, 0.15) is 24.8 Å². The molecule has 1 heterocycles. The maximum absolute atomic E-state index is 12.9. The fraction of sp³-hybridized carbons (Fsp3) is 0.600. The molecule has 1 N–H and O–H groups in total. The summed E-state index contributed by atoms with van der Waals surface area (Å²) in [7, 11) is -1.37. The molecule has 0 radical (unpaired) electrons. The maximum Gasteiger partial charge on any atom is 0.218 e. The maximum atomic E-state index is 12.9. The van der Waals surface area contributed by atoms with Crippen molar-refractivity contribution in [2.45, 2.75) is 25.0 Å². The zero-order chi connectivity index (χ0) is 15.3. The summed E-state index contributed by atoms with van der Waals surface area (Å²) in [6.07, 6.45) is 2.94. The minimum Gasteiger partial charge on any atom is -0.320 e. The zero-order valence-corrected chi connectivity index (χ0v) is 14.4. The molecule has 0 aliphatic carbocycles. The van der Waals surface area contributed by atoms with Crippen molar-refractivity contribution in [2.75, 3.05) is 26.7 Å². The van der Waals surface area contributed by atoms with Gasteiger partial charge in [0.1, 0.15) is 5.82 Å². The van der Waals surface area contributed by atoms with E-state index in [-0.39, 0.29) is 24.0 Å². The summed E-state index contributed by atoms with van der Waals surface area (Å²) in [4.78, 5) is 0. The van der Waals surface area contributed by atoms with Crippen molar-refractivity contribution >= 4 is 22.4 Å². The molecule has 7 heteroatoms. The van der Waals surface area contributed by atoms with Gasteiger partial charge in [-0.1, -0.05) is 12.1 Å². The Bertz CT molecular complexity index is 543. The molecule has 0 aromatic heterocycles. The standard InChI is InChI=1S/C15H23FN2O2S.ClH/c1-17-9-6-13-7-10-18(11-8-13)21(19,20)12-14-2-4-15(16)5-3-14;/h2-5,13,17H,6-12H2,1H3;1H. The van der Waals surface area contributed by atoms with Gasteiger partial charge in [-0.15, -0.1) is 12.4 Å². The monoisotopic (exact) mass is 350 g/mol. The molecule has 126 valence electrons. The lowest BCUT2D eigenvalue weighted by atomic mass is 9.95. The quantitative estimate of drug-likeness (QED) is 0.857. The fourth-order valence-electron chi connectivity index (χ4n) is 2.71. The van der Waals surface area contributed by atoms with E-state index in [9.17, 15) is 12.8 Å². The number of halogens is 2. The molecule has 1 saturated heterocycles. The first-order valence-electron chi connectivity index (χ1n) is 7.38. The van der Waals surface area contributed by atoms with E-state index in [0.29, 0.717) is 24.6 Å². The number of nitrogens with zero attached hydrogens (tertiary/aromatic N) is 1. The molecule has 22 heavy (non-hydrogen) atoms. The number of sulfonamides is 1. The van der Waals surface area contributed by atoms with Crippen LogP contribution in [0.25, 0.3) is 0 Å². The van der Waals surface area contributed by atoms with Gasteiger partial charge in [-0.2, -0.15) is 0 Å². The molecule has 0 atom stereocenters. The van der Waals surface area contributed by atoms with Gasteiger partial charge in [-0.3, -0.25) is 0 Å². The van der Waals surface area contributed by atoms with E-state index in [1.165, 1.54) is 24.3 Å². The average Bonchev–Trinajstić information content (AvgIpc) is 2.48. The molecule has 0 amide bonds. The van der Waals surface area contributed by atoms with Crippen molar-refractivity contribution in [2.24, 2.45) is 5.92 Å². The van der Waals surface area contributed by atoms with Crippen molar-refractivity contribution < 1.29 is 12.8 Å². The molecule has 1 aliphatic rings. The van der Waals surface area contributed by atoms with Gasteiger partial charge < -0.3 is 5.32 Å². The SMILES string of the molecule is CNCCC1CCN(S(=O)(=O)Cc2ccc(F)cc2)CC1.Cl. The smallest absolute Gasteiger partial charge is 0.218 e. The second-order valence-electron chi connectivity index (χ2n) is 5.62. The van der Waals surface area contributed by atoms with Gasteiger partial charge in [0, 0.05) is 13.1 Å². The van der Waals surface area contributed by atoms with Gasteiger partial charge >= 0.3 is 0 Å². The van der Waals surface area contributed by atoms with Crippen LogP contribution in [0.2, 0.25) is 0 Å². The van der Waals surface area contributed by atoms with Crippen molar-refractivity contribution in [1.82, 2.24) is 9.62 Å².